The van der Waals surface area contributed by atoms with E-state index in [9.17, 15) is 9.59 Å². The van der Waals surface area contributed by atoms with Gasteiger partial charge in [0.1, 0.15) is 0 Å². The fourth-order valence-electron chi connectivity index (χ4n) is 4.68. The van der Waals surface area contributed by atoms with Gasteiger partial charge < -0.3 is 10.2 Å². The molecule has 6 heteroatoms. The number of benzene rings is 1. The first kappa shape index (κ1) is 19.2. The summed E-state index contributed by atoms with van der Waals surface area (Å²) in [5.74, 6) is -0.335. The zero-order valence-corrected chi connectivity index (χ0v) is 16.6. The topological polar surface area (TPSA) is 64.7 Å². The molecule has 28 heavy (non-hydrogen) atoms. The van der Waals surface area contributed by atoms with Crippen LogP contribution in [0, 0.1) is 11.8 Å². The number of hydrogen-bond acceptors (Lipinski definition) is 4. The van der Waals surface area contributed by atoms with E-state index in [-0.39, 0.29) is 29.7 Å². The van der Waals surface area contributed by atoms with Gasteiger partial charge in [-0.3, -0.25) is 9.59 Å². The van der Waals surface area contributed by atoms with E-state index in [1.54, 1.807) is 5.01 Å². The Bertz CT molecular complexity index is 748. The summed E-state index contributed by atoms with van der Waals surface area (Å²) >= 11 is 0. The number of nitrogens with one attached hydrogen (secondary N) is 2. The van der Waals surface area contributed by atoms with E-state index >= 15 is 0 Å². The van der Waals surface area contributed by atoms with Crippen molar-refractivity contribution in [3.8, 4) is 0 Å². The summed E-state index contributed by atoms with van der Waals surface area (Å²) in [5.41, 5.74) is 5.63. The second-order valence-corrected chi connectivity index (χ2v) is 8.25. The van der Waals surface area contributed by atoms with E-state index in [1.165, 1.54) is 24.8 Å². The average molecular weight is 383 g/mol. The molecule has 2 amide bonds. The molecule has 0 aromatic heterocycles. The van der Waals surface area contributed by atoms with Gasteiger partial charge in [0.2, 0.25) is 11.8 Å². The number of carbonyl (C=O) groups is 2. The number of likely N-dealkylation sites (tertiary alicyclic amines) is 1. The Morgan fingerprint density at radius 1 is 1.21 bits per heavy atom. The van der Waals surface area contributed by atoms with E-state index in [1.807, 2.05) is 37.4 Å². The number of carbonyl (C=O) groups excluding carboxylic acids is 2. The number of para-hydroxylation sites is 1. The summed E-state index contributed by atoms with van der Waals surface area (Å²) < 4.78 is 0. The van der Waals surface area contributed by atoms with Crippen LogP contribution in [0.1, 0.15) is 32.1 Å². The highest BCUT2D eigenvalue weighted by Crippen LogP contribution is 2.31. The van der Waals surface area contributed by atoms with Crippen LogP contribution in [0.4, 0.5) is 5.69 Å². The quantitative estimate of drug-likeness (QED) is 0.766. The number of amides is 2. The Labute approximate surface area is 166 Å². The predicted octanol–water partition coefficient (Wildman–Crippen LogP) is 2.09. The Morgan fingerprint density at radius 3 is 2.79 bits per heavy atom. The van der Waals surface area contributed by atoms with Gasteiger partial charge >= 0.3 is 0 Å². The number of anilines is 1. The smallest absolute Gasteiger partial charge is 0.247 e. The molecule has 1 aliphatic carbocycles. The molecule has 3 atom stereocenters. The second-order valence-electron chi connectivity index (χ2n) is 8.25. The highest BCUT2D eigenvalue weighted by molar-refractivity contribution is 5.98. The van der Waals surface area contributed by atoms with Crippen molar-refractivity contribution >= 4 is 17.5 Å². The minimum Gasteiger partial charge on any atom is -0.355 e. The maximum absolute atomic E-state index is 13.0. The maximum atomic E-state index is 13.0. The van der Waals surface area contributed by atoms with Gasteiger partial charge in [0, 0.05) is 19.6 Å². The largest absolute Gasteiger partial charge is 0.355 e. The van der Waals surface area contributed by atoms with Crippen molar-refractivity contribution in [1.29, 1.82) is 0 Å². The number of hydrogen-bond donors (Lipinski definition) is 2. The molecule has 0 spiro atoms. The monoisotopic (exact) mass is 382 g/mol. The molecule has 150 valence electrons. The SMILES string of the molecule is CN1CC(C(=O)NCCC2=CCCCC2)C2NN(c3ccccc3)C(=O)C2C1. The normalized spacial score (nSPS) is 28.0. The summed E-state index contributed by atoms with van der Waals surface area (Å²) in [4.78, 5) is 28.0. The Kier molecular flexibility index (Phi) is 5.78. The van der Waals surface area contributed by atoms with Gasteiger partial charge in [-0.25, -0.2) is 10.4 Å². The van der Waals surface area contributed by atoms with Crippen LogP contribution >= 0.6 is 0 Å². The van der Waals surface area contributed by atoms with Crippen molar-refractivity contribution < 1.29 is 9.59 Å². The van der Waals surface area contributed by atoms with Crippen molar-refractivity contribution in [3.05, 3.63) is 42.0 Å². The molecule has 1 aromatic rings. The van der Waals surface area contributed by atoms with E-state index in [0.29, 0.717) is 19.6 Å². The molecular weight excluding hydrogens is 352 g/mol. The third-order valence-corrected chi connectivity index (χ3v) is 6.18. The van der Waals surface area contributed by atoms with Crippen LogP contribution in [0.3, 0.4) is 0 Å². The molecule has 3 unspecified atom stereocenters. The van der Waals surface area contributed by atoms with Gasteiger partial charge in [-0.1, -0.05) is 29.8 Å². The summed E-state index contributed by atoms with van der Waals surface area (Å²) in [6.45, 7) is 2.02. The molecule has 3 aliphatic rings. The van der Waals surface area contributed by atoms with Crippen LogP contribution in [-0.2, 0) is 9.59 Å². The molecule has 0 bridgehead atoms. The molecular formula is C22H30N4O2. The van der Waals surface area contributed by atoms with Crippen molar-refractivity contribution in [2.75, 3.05) is 31.7 Å². The van der Waals surface area contributed by atoms with Gasteiger partial charge in [-0.05, 0) is 51.3 Å². The minimum absolute atomic E-state index is 0.0490. The van der Waals surface area contributed by atoms with Gasteiger partial charge in [-0.15, -0.1) is 0 Å². The Hall–Kier alpha value is -2.18. The van der Waals surface area contributed by atoms with Crippen LogP contribution in [0.5, 0.6) is 0 Å². The lowest BCUT2D eigenvalue weighted by atomic mass is 9.84. The van der Waals surface area contributed by atoms with Crippen molar-refractivity contribution in [1.82, 2.24) is 15.6 Å². The third-order valence-electron chi connectivity index (χ3n) is 6.18. The summed E-state index contributed by atoms with van der Waals surface area (Å²) in [7, 11) is 1.99. The summed E-state index contributed by atoms with van der Waals surface area (Å²) in [6, 6.07) is 9.45. The molecule has 2 saturated heterocycles. The molecule has 2 heterocycles. The summed E-state index contributed by atoms with van der Waals surface area (Å²) in [5, 5.41) is 4.75. The van der Waals surface area contributed by atoms with E-state index in [0.717, 1.165) is 18.5 Å². The van der Waals surface area contributed by atoms with Crippen LogP contribution in [-0.4, -0.2) is 49.4 Å². The zero-order valence-electron chi connectivity index (χ0n) is 16.6. The zero-order chi connectivity index (χ0) is 19.5. The highest BCUT2D eigenvalue weighted by atomic mass is 16.2. The van der Waals surface area contributed by atoms with Crippen molar-refractivity contribution in [2.24, 2.45) is 11.8 Å². The number of piperidine rings is 1. The second kappa shape index (κ2) is 8.45. The van der Waals surface area contributed by atoms with Crippen molar-refractivity contribution in [2.45, 2.75) is 38.1 Å². The fraction of sp³-hybridized carbons (Fsp3) is 0.545. The van der Waals surface area contributed by atoms with Crippen LogP contribution < -0.4 is 15.8 Å². The Morgan fingerprint density at radius 2 is 2.04 bits per heavy atom. The lowest BCUT2D eigenvalue weighted by Crippen LogP contribution is -2.56. The van der Waals surface area contributed by atoms with Gasteiger partial charge in [-0.2, -0.15) is 0 Å². The molecule has 1 aromatic carbocycles. The first-order chi connectivity index (χ1) is 13.6. The molecule has 0 radical (unpaired) electrons. The van der Waals surface area contributed by atoms with Crippen LogP contribution in [0.25, 0.3) is 0 Å². The molecule has 2 aliphatic heterocycles. The minimum atomic E-state index is -0.234. The molecule has 4 rings (SSSR count). The first-order valence-electron chi connectivity index (χ1n) is 10.4. The standard InChI is InChI=1S/C22H30N4O2/c1-25-14-18(21(27)23-13-12-16-8-4-2-5-9-16)20-19(15-25)22(28)26(24-20)17-10-6-3-7-11-17/h3,6-8,10-11,18-20,24H,2,4-5,9,12-15H2,1H3,(H,23,27). The molecule has 6 nitrogen and oxygen atoms in total. The number of allylic oxidation sites excluding steroid dienone is 1. The number of nitrogens with zero attached hydrogens (tertiary/aromatic N) is 2. The van der Waals surface area contributed by atoms with E-state index in [4.69, 9.17) is 0 Å². The lowest BCUT2D eigenvalue weighted by molar-refractivity contribution is -0.129. The summed E-state index contributed by atoms with van der Waals surface area (Å²) in [6.07, 6.45) is 8.14. The van der Waals surface area contributed by atoms with Gasteiger partial charge in [0.25, 0.3) is 0 Å². The van der Waals surface area contributed by atoms with Gasteiger partial charge in [0.15, 0.2) is 0 Å². The van der Waals surface area contributed by atoms with Crippen molar-refractivity contribution in [3.63, 3.8) is 0 Å². The maximum Gasteiger partial charge on any atom is 0.247 e. The number of hydrazine groups is 1. The van der Waals surface area contributed by atoms with Crippen LogP contribution in [0.2, 0.25) is 0 Å². The predicted molar refractivity (Wildman–Crippen MR) is 110 cm³/mol. The molecule has 2 fully saturated rings. The highest BCUT2D eigenvalue weighted by Gasteiger charge is 2.50. The van der Waals surface area contributed by atoms with E-state index < -0.39 is 0 Å². The number of fused-ring (bicyclic) bond motifs is 1. The first-order valence-corrected chi connectivity index (χ1v) is 10.4. The molecule has 0 saturated carbocycles. The number of rotatable bonds is 5. The Balaban J connectivity index is 1.41. The lowest BCUT2D eigenvalue weighted by Gasteiger charge is -2.36. The van der Waals surface area contributed by atoms with Crippen LogP contribution in [0.15, 0.2) is 42.0 Å². The molecule has 2 N–H and O–H groups in total. The van der Waals surface area contributed by atoms with E-state index in [2.05, 4.69) is 21.7 Å². The average Bonchev–Trinajstić information content (AvgIpc) is 3.05. The van der Waals surface area contributed by atoms with Gasteiger partial charge in [0.05, 0.1) is 23.6 Å². The fourth-order valence-corrected chi connectivity index (χ4v) is 4.68. The third kappa shape index (κ3) is 3.98.